The number of nitrogens with zero attached hydrogens (tertiary/aromatic N) is 2. The number of anilines is 1. The topological polar surface area (TPSA) is 90.0 Å². The molecule has 0 atom stereocenters. The predicted molar refractivity (Wildman–Crippen MR) is 85.7 cm³/mol. The molecule has 0 aromatic heterocycles. The molecule has 0 saturated carbocycles. The van der Waals surface area contributed by atoms with Gasteiger partial charge in [-0.2, -0.15) is 0 Å². The molecule has 7 nitrogen and oxygen atoms in total. The van der Waals surface area contributed by atoms with Gasteiger partial charge in [0.2, 0.25) is 0 Å². The number of barbiturate groups is 1. The van der Waals surface area contributed by atoms with E-state index in [0.717, 1.165) is 10.6 Å². The van der Waals surface area contributed by atoms with E-state index in [-0.39, 0.29) is 25.1 Å². The van der Waals surface area contributed by atoms with E-state index < -0.39 is 17.8 Å². The number of hydrogen-bond donors (Lipinski definition) is 2. The minimum atomic E-state index is -0.756. The number of nitrogens with one attached hydrogen (secondary N) is 1. The third-order valence-corrected chi connectivity index (χ3v) is 3.45. The summed E-state index contributed by atoms with van der Waals surface area (Å²) in [5.41, 5.74) is 1.58. The van der Waals surface area contributed by atoms with Crippen LogP contribution >= 0.6 is 0 Å². The van der Waals surface area contributed by atoms with E-state index in [0.29, 0.717) is 5.56 Å². The van der Waals surface area contributed by atoms with E-state index in [1.807, 2.05) is 31.1 Å². The fourth-order valence-electron chi connectivity index (χ4n) is 2.16. The van der Waals surface area contributed by atoms with E-state index in [9.17, 15) is 14.4 Å². The minimum Gasteiger partial charge on any atom is -0.396 e. The Hall–Kier alpha value is -2.67. The van der Waals surface area contributed by atoms with Gasteiger partial charge in [-0.05, 0) is 30.2 Å². The van der Waals surface area contributed by atoms with Gasteiger partial charge < -0.3 is 10.0 Å². The van der Waals surface area contributed by atoms with Gasteiger partial charge in [-0.3, -0.25) is 19.8 Å². The molecule has 0 bridgehead atoms. The van der Waals surface area contributed by atoms with Crippen LogP contribution < -0.4 is 10.2 Å². The average Bonchev–Trinajstić information content (AvgIpc) is 2.51. The Labute approximate surface area is 134 Å². The summed E-state index contributed by atoms with van der Waals surface area (Å²) >= 11 is 0. The zero-order valence-electron chi connectivity index (χ0n) is 13.1. The predicted octanol–water partition coefficient (Wildman–Crippen LogP) is 0.597. The fraction of sp³-hybridized carbons (Fsp3) is 0.312. The first-order valence-electron chi connectivity index (χ1n) is 7.21. The van der Waals surface area contributed by atoms with Gasteiger partial charge in [0.05, 0.1) is 0 Å². The van der Waals surface area contributed by atoms with Crippen LogP contribution in [0.5, 0.6) is 0 Å². The highest BCUT2D eigenvalue weighted by molar-refractivity contribution is 6.31. The lowest BCUT2D eigenvalue weighted by Gasteiger charge is -2.26. The lowest BCUT2D eigenvalue weighted by Crippen LogP contribution is -2.54. The lowest BCUT2D eigenvalue weighted by atomic mass is 10.1. The van der Waals surface area contributed by atoms with Crippen molar-refractivity contribution in [3.63, 3.8) is 0 Å². The summed E-state index contributed by atoms with van der Waals surface area (Å²) in [7, 11) is 3.83. The summed E-state index contributed by atoms with van der Waals surface area (Å²) in [6, 6.07) is 6.56. The highest BCUT2D eigenvalue weighted by Crippen LogP contribution is 2.17. The van der Waals surface area contributed by atoms with Gasteiger partial charge in [-0.25, -0.2) is 4.79 Å². The van der Waals surface area contributed by atoms with E-state index >= 15 is 0 Å². The van der Waals surface area contributed by atoms with Crippen LogP contribution in [0.25, 0.3) is 6.08 Å². The summed E-state index contributed by atoms with van der Waals surface area (Å²) in [6.07, 6.45) is 1.72. The van der Waals surface area contributed by atoms with Crippen LogP contribution in [-0.2, 0) is 9.59 Å². The number of benzene rings is 1. The summed E-state index contributed by atoms with van der Waals surface area (Å²) in [5.74, 6) is -1.36. The molecule has 1 saturated heterocycles. The number of aliphatic hydroxyl groups is 1. The molecule has 0 aliphatic carbocycles. The highest BCUT2D eigenvalue weighted by Gasteiger charge is 2.35. The number of amides is 4. The number of rotatable bonds is 5. The molecule has 1 aromatic rings. The van der Waals surface area contributed by atoms with Gasteiger partial charge in [0.25, 0.3) is 11.8 Å². The third kappa shape index (κ3) is 3.75. The van der Waals surface area contributed by atoms with Crippen molar-refractivity contribution in [1.82, 2.24) is 10.2 Å². The Morgan fingerprint density at radius 2 is 1.83 bits per heavy atom. The molecule has 7 heteroatoms. The molecular formula is C16H19N3O4. The molecular weight excluding hydrogens is 298 g/mol. The van der Waals surface area contributed by atoms with E-state index in [4.69, 9.17) is 5.11 Å². The molecule has 4 amide bonds. The molecule has 1 heterocycles. The maximum atomic E-state index is 12.3. The van der Waals surface area contributed by atoms with Gasteiger partial charge in [0.1, 0.15) is 5.57 Å². The van der Waals surface area contributed by atoms with Crippen LogP contribution in [0.15, 0.2) is 29.8 Å². The second kappa shape index (κ2) is 7.06. The van der Waals surface area contributed by atoms with Crippen LogP contribution in [0.3, 0.4) is 0 Å². The molecule has 122 valence electrons. The molecule has 2 rings (SSSR count). The summed E-state index contributed by atoms with van der Waals surface area (Å²) in [6.45, 7) is -0.0819. The molecule has 1 aromatic carbocycles. The van der Waals surface area contributed by atoms with E-state index in [1.54, 1.807) is 12.1 Å². The van der Waals surface area contributed by atoms with Crippen molar-refractivity contribution in [2.24, 2.45) is 0 Å². The van der Waals surface area contributed by atoms with Crippen LogP contribution in [0.1, 0.15) is 12.0 Å². The zero-order valence-corrected chi connectivity index (χ0v) is 13.1. The zero-order chi connectivity index (χ0) is 17.0. The van der Waals surface area contributed by atoms with E-state index in [1.165, 1.54) is 6.08 Å². The second-order valence-electron chi connectivity index (χ2n) is 5.34. The summed E-state index contributed by atoms with van der Waals surface area (Å²) in [4.78, 5) is 38.8. The quantitative estimate of drug-likeness (QED) is 0.613. The monoisotopic (exact) mass is 317 g/mol. The van der Waals surface area contributed by atoms with Crippen LogP contribution in [0.4, 0.5) is 10.5 Å². The molecule has 1 aliphatic rings. The number of urea groups is 1. The first-order chi connectivity index (χ1) is 10.9. The SMILES string of the molecule is CN(C)c1ccc(C=C2C(=O)NC(=O)N(CCCO)C2=O)cc1. The normalized spacial score (nSPS) is 16.7. The Bertz CT molecular complexity index is 650. The summed E-state index contributed by atoms with van der Waals surface area (Å²) < 4.78 is 0. The molecule has 1 fully saturated rings. The Morgan fingerprint density at radius 1 is 1.17 bits per heavy atom. The third-order valence-electron chi connectivity index (χ3n) is 3.45. The smallest absolute Gasteiger partial charge is 0.331 e. The molecule has 23 heavy (non-hydrogen) atoms. The number of aliphatic hydroxyl groups excluding tert-OH is 1. The van der Waals surface area contributed by atoms with Gasteiger partial charge in [0, 0.05) is 32.9 Å². The minimum absolute atomic E-state index is 0.0609. The largest absolute Gasteiger partial charge is 0.396 e. The number of imide groups is 2. The van der Waals surface area contributed by atoms with Crippen molar-refractivity contribution in [2.45, 2.75) is 6.42 Å². The Balaban J connectivity index is 2.26. The fourth-order valence-corrected chi connectivity index (χ4v) is 2.16. The van der Waals surface area contributed by atoms with Crippen molar-refractivity contribution in [3.8, 4) is 0 Å². The highest BCUT2D eigenvalue weighted by atomic mass is 16.3. The van der Waals surface area contributed by atoms with Crippen LogP contribution in [0.2, 0.25) is 0 Å². The maximum absolute atomic E-state index is 12.3. The first-order valence-corrected chi connectivity index (χ1v) is 7.21. The lowest BCUT2D eigenvalue weighted by molar-refractivity contribution is -0.130. The van der Waals surface area contributed by atoms with Crippen molar-refractivity contribution < 1.29 is 19.5 Å². The van der Waals surface area contributed by atoms with Gasteiger partial charge >= 0.3 is 6.03 Å². The Kier molecular flexibility index (Phi) is 5.13. The molecule has 2 N–H and O–H groups in total. The van der Waals surface area contributed by atoms with E-state index in [2.05, 4.69) is 5.32 Å². The number of carbonyl (C=O) groups excluding carboxylic acids is 3. The van der Waals surface area contributed by atoms with Gasteiger partial charge in [-0.15, -0.1) is 0 Å². The molecule has 0 spiro atoms. The number of carbonyl (C=O) groups is 3. The van der Waals surface area contributed by atoms with Crippen LogP contribution in [-0.4, -0.2) is 55.1 Å². The Morgan fingerprint density at radius 3 is 2.39 bits per heavy atom. The molecule has 0 radical (unpaired) electrons. The maximum Gasteiger partial charge on any atom is 0.331 e. The molecule has 0 unspecified atom stereocenters. The average molecular weight is 317 g/mol. The van der Waals surface area contributed by atoms with Crippen molar-refractivity contribution in [2.75, 3.05) is 32.1 Å². The van der Waals surface area contributed by atoms with Crippen LogP contribution in [0, 0.1) is 0 Å². The number of hydrogen-bond acceptors (Lipinski definition) is 5. The van der Waals surface area contributed by atoms with Crippen molar-refractivity contribution in [1.29, 1.82) is 0 Å². The van der Waals surface area contributed by atoms with Crippen molar-refractivity contribution >= 4 is 29.6 Å². The first kappa shape index (κ1) is 16.7. The van der Waals surface area contributed by atoms with Crippen molar-refractivity contribution in [3.05, 3.63) is 35.4 Å². The summed E-state index contributed by atoms with van der Waals surface area (Å²) in [5, 5.41) is 11.0. The van der Waals surface area contributed by atoms with Gasteiger partial charge in [-0.1, -0.05) is 12.1 Å². The molecule has 1 aliphatic heterocycles. The second-order valence-corrected chi connectivity index (χ2v) is 5.34. The standard InChI is InChI=1S/C16H19N3O4/c1-18(2)12-6-4-11(5-7-12)10-13-14(21)17-16(23)19(15(13)22)8-3-9-20/h4-7,10,20H,3,8-9H2,1-2H3,(H,17,21,23). The van der Waals surface area contributed by atoms with Gasteiger partial charge in [0.15, 0.2) is 0 Å².